The van der Waals surface area contributed by atoms with E-state index in [2.05, 4.69) is 27.4 Å². The van der Waals surface area contributed by atoms with Gasteiger partial charge in [0.15, 0.2) is 5.16 Å². The van der Waals surface area contributed by atoms with Crippen LogP contribution in [0.1, 0.15) is 51.9 Å². The van der Waals surface area contributed by atoms with E-state index in [1.807, 2.05) is 42.8 Å². The highest BCUT2D eigenvalue weighted by Gasteiger charge is 2.32. The van der Waals surface area contributed by atoms with Crippen LogP contribution >= 0.6 is 11.8 Å². The summed E-state index contributed by atoms with van der Waals surface area (Å²) < 4.78 is 1.86. The normalized spacial score (nSPS) is 18.8. The lowest BCUT2D eigenvalue weighted by molar-refractivity contribution is 0.0726. The maximum Gasteiger partial charge on any atom is 0.274 e. The summed E-state index contributed by atoms with van der Waals surface area (Å²) in [6.07, 6.45) is 3.14. The molecule has 3 heterocycles. The quantitative estimate of drug-likeness (QED) is 0.537. The third kappa shape index (κ3) is 5.23. The molecule has 1 aliphatic rings. The predicted molar refractivity (Wildman–Crippen MR) is 125 cm³/mol. The fourth-order valence-corrected chi connectivity index (χ4v) is 4.72. The smallest absolute Gasteiger partial charge is 0.274 e. The Balaban J connectivity index is 1.45. The van der Waals surface area contributed by atoms with E-state index in [0.29, 0.717) is 24.2 Å². The number of aliphatic hydroxyl groups is 1. The molecule has 2 amide bonds. The highest BCUT2D eigenvalue weighted by Crippen LogP contribution is 2.34. The average Bonchev–Trinajstić information content (AvgIpc) is 3.37. The van der Waals surface area contributed by atoms with Gasteiger partial charge in [-0.1, -0.05) is 23.9 Å². The highest BCUT2D eigenvalue weighted by molar-refractivity contribution is 7.99. The molecular weight excluding hydrogens is 440 g/mol. The van der Waals surface area contributed by atoms with Crippen LogP contribution in [0.3, 0.4) is 0 Å². The topological polar surface area (TPSA) is 113 Å². The zero-order valence-electron chi connectivity index (χ0n) is 18.7. The van der Waals surface area contributed by atoms with E-state index < -0.39 is 12.0 Å². The van der Waals surface area contributed by atoms with Gasteiger partial charge in [-0.15, -0.1) is 10.2 Å². The van der Waals surface area contributed by atoms with Crippen molar-refractivity contribution in [3.8, 4) is 0 Å². The van der Waals surface area contributed by atoms with Crippen LogP contribution in [0.5, 0.6) is 0 Å². The van der Waals surface area contributed by atoms with Gasteiger partial charge in [0, 0.05) is 42.3 Å². The number of benzene rings is 1. The summed E-state index contributed by atoms with van der Waals surface area (Å²) in [6, 6.07) is 10.6. The molecule has 3 atom stereocenters. The third-order valence-corrected chi connectivity index (χ3v) is 6.83. The molecule has 0 bridgehead atoms. The van der Waals surface area contributed by atoms with E-state index in [4.69, 9.17) is 0 Å². The number of rotatable bonds is 6. The number of β-amino-alcohol motifs (C(OH)–C–C–N with tert-alkyl or cyclic N) is 1. The minimum Gasteiger partial charge on any atom is -0.391 e. The number of pyridine rings is 1. The molecule has 1 aromatic carbocycles. The van der Waals surface area contributed by atoms with Crippen molar-refractivity contribution in [3.05, 3.63) is 65.7 Å². The molecule has 4 rings (SSSR count). The molecule has 0 spiro atoms. The number of thioether (sulfide) groups is 1. The van der Waals surface area contributed by atoms with Gasteiger partial charge in [0.05, 0.1) is 6.10 Å². The number of anilines is 1. The van der Waals surface area contributed by atoms with Crippen LogP contribution in [0.25, 0.3) is 0 Å². The zero-order valence-corrected chi connectivity index (χ0v) is 19.5. The van der Waals surface area contributed by atoms with E-state index in [1.165, 1.54) is 12.3 Å². The zero-order chi connectivity index (χ0) is 23.5. The molecule has 1 fully saturated rings. The number of carbonyl (C=O) groups excluding carboxylic acids is 2. The summed E-state index contributed by atoms with van der Waals surface area (Å²) in [7, 11) is 1.89. The summed E-state index contributed by atoms with van der Waals surface area (Å²) in [5.41, 5.74) is 2.19. The lowest BCUT2D eigenvalue weighted by Gasteiger charge is -2.21. The van der Waals surface area contributed by atoms with Crippen LogP contribution in [0.4, 0.5) is 5.69 Å². The van der Waals surface area contributed by atoms with Crippen molar-refractivity contribution in [3.63, 3.8) is 0 Å². The van der Waals surface area contributed by atoms with Crippen molar-refractivity contribution in [1.82, 2.24) is 24.6 Å². The average molecular weight is 467 g/mol. The number of nitrogens with zero attached hydrogens (tertiary/aromatic N) is 5. The van der Waals surface area contributed by atoms with Crippen molar-refractivity contribution < 1.29 is 14.7 Å². The number of nitrogens with one attached hydrogen (secondary N) is 1. The Labute approximate surface area is 196 Å². The molecule has 0 radical (unpaired) electrons. The van der Waals surface area contributed by atoms with E-state index in [1.54, 1.807) is 29.1 Å². The van der Waals surface area contributed by atoms with Gasteiger partial charge in [0.25, 0.3) is 11.8 Å². The molecule has 10 heteroatoms. The second kappa shape index (κ2) is 9.72. The Morgan fingerprint density at radius 1 is 1.27 bits per heavy atom. The minimum atomic E-state index is -0.518. The van der Waals surface area contributed by atoms with Gasteiger partial charge in [-0.3, -0.25) is 14.6 Å². The maximum absolute atomic E-state index is 12.9. The molecule has 9 nitrogen and oxygen atoms in total. The number of amides is 2. The van der Waals surface area contributed by atoms with Crippen LogP contribution in [-0.2, 0) is 7.05 Å². The van der Waals surface area contributed by atoms with Crippen LogP contribution in [0.2, 0.25) is 0 Å². The third-order valence-electron chi connectivity index (χ3n) is 5.62. The monoisotopic (exact) mass is 466 g/mol. The second-order valence-corrected chi connectivity index (χ2v) is 9.50. The van der Waals surface area contributed by atoms with Crippen molar-refractivity contribution >= 4 is 29.3 Å². The van der Waals surface area contributed by atoms with Gasteiger partial charge in [-0.05, 0) is 50.1 Å². The summed E-state index contributed by atoms with van der Waals surface area (Å²) >= 11 is 1.58. The molecule has 2 aromatic heterocycles. The van der Waals surface area contributed by atoms with E-state index in [-0.39, 0.29) is 22.9 Å². The molecule has 2 N–H and O–H groups in total. The number of hydrogen-bond donors (Lipinski definition) is 2. The van der Waals surface area contributed by atoms with Gasteiger partial charge in [0.2, 0.25) is 0 Å². The maximum atomic E-state index is 12.9. The van der Waals surface area contributed by atoms with Crippen molar-refractivity contribution in [1.29, 1.82) is 0 Å². The standard InChI is InChI=1S/C23H26N6O3S/c1-14-9-19(30)12-29(14)22(32)17-7-8-24-20(11-17)21(31)26-18-6-4-5-16(10-18)15(2)33-23-27-25-13-28(23)3/h4-8,10-11,13-15,19,30H,9,12H2,1-3H3,(H,26,31)/t14-,15-,19-/m0/s1. The Hall–Kier alpha value is -3.24. The Kier molecular flexibility index (Phi) is 6.75. The summed E-state index contributed by atoms with van der Waals surface area (Å²) in [4.78, 5) is 31.5. The molecular formula is C23H26N6O3S. The Morgan fingerprint density at radius 3 is 2.79 bits per heavy atom. The molecule has 0 unspecified atom stereocenters. The number of likely N-dealkylation sites (tertiary alicyclic amines) is 1. The van der Waals surface area contributed by atoms with Gasteiger partial charge >= 0.3 is 0 Å². The lowest BCUT2D eigenvalue weighted by atomic mass is 10.1. The van der Waals surface area contributed by atoms with Crippen molar-refractivity contribution in [2.24, 2.45) is 7.05 Å². The number of aromatic nitrogens is 4. The molecule has 33 heavy (non-hydrogen) atoms. The summed E-state index contributed by atoms with van der Waals surface area (Å²) in [5.74, 6) is -0.614. The summed E-state index contributed by atoms with van der Waals surface area (Å²) in [5, 5.41) is 21.6. The van der Waals surface area contributed by atoms with Gasteiger partial charge < -0.3 is 19.9 Å². The Bertz CT molecular complexity index is 1170. The molecule has 0 aliphatic carbocycles. The van der Waals surface area contributed by atoms with E-state index in [9.17, 15) is 14.7 Å². The van der Waals surface area contributed by atoms with Crippen molar-refractivity contribution in [2.75, 3.05) is 11.9 Å². The van der Waals surface area contributed by atoms with Crippen LogP contribution in [0, 0.1) is 0 Å². The second-order valence-electron chi connectivity index (χ2n) is 8.19. The first-order valence-corrected chi connectivity index (χ1v) is 11.6. The van der Waals surface area contributed by atoms with Gasteiger partial charge in [-0.25, -0.2) is 0 Å². The van der Waals surface area contributed by atoms with Crippen LogP contribution in [0.15, 0.2) is 54.1 Å². The number of hydrogen-bond acceptors (Lipinski definition) is 7. The molecule has 1 saturated heterocycles. The first-order valence-electron chi connectivity index (χ1n) is 10.7. The predicted octanol–water partition coefficient (Wildman–Crippen LogP) is 2.91. The largest absolute Gasteiger partial charge is 0.391 e. The van der Waals surface area contributed by atoms with Crippen LogP contribution in [-0.4, -0.2) is 60.3 Å². The highest BCUT2D eigenvalue weighted by atomic mass is 32.2. The molecule has 1 aliphatic heterocycles. The lowest BCUT2D eigenvalue weighted by Crippen LogP contribution is -2.34. The van der Waals surface area contributed by atoms with E-state index >= 15 is 0 Å². The number of aliphatic hydroxyl groups excluding tert-OH is 1. The van der Waals surface area contributed by atoms with E-state index in [0.717, 1.165) is 10.7 Å². The molecule has 0 saturated carbocycles. The molecule has 172 valence electrons. The first kappa shape index (κ1) is 22.9. The van der Waals surface area contributed by atoms with Crippen LogP contribution < -0.4 is 5.32 Å². The Morgan fingerprint density at radius 2 is 2.09 bits per heavy atom. The number of carbonyl (C=O) groups is 2. The minimum absolute atomic E-state index is 0.0536. The SMILES string of the molecule is C[C@H](Sc1nncn1C)c1cccc(NC(=O)c2cc(C(=O)N3C[C@@H](O)C[C@@H]3C)ccn2)c1. The fraction of sp³-hybridized carbons (Fsp3) is 0.348. The molecule has 3 aromatic rings. The van der Waals surface area contributed by atoms with Gasteiger partial charge in [0.1, 0.15) is 12.0 Å². The fourth-order valence-electron chi connectivity index (χ4n) is 3.81. The number of aryl methyl sites for hydroxylation is 1. The van der Waals surface area contributed by atoms with Gasteiger partial charge in [-0.2, -0.15) is 0 Å². The van der Waals surface area contributed by atoms with Crippen molar-refractivity contribution in [2.45, 2.75) is 42.8 Å². The summed E-state index contributed by atoms with van der Waals surface area (Å²) in [6.45, 7) is 4.26. The first-order chi connectivity index (χ1) is 15.8.